The van der Waals surface area contributed by atoms with Gasteiger partial charge >= 0.3 is 0 Å². The molecule has 2 heterocycles. The number of aromatic nitrogens is 2. The van der Waals surface area contributed by atoms with E-state index in [-0.39, 0.29) is 5.56 Å². The van der Waals surface area contributed by atoms with Gasteiger partial charge in [0.2, 0.25) is 0 Å². The Kier molecular flexibility index (Phi) is 2.46. The van der Waals surface area contributed by atoms with Gasteiger partial charge in [-0.1, -0.05) is 30.3 Å². The maximum atomic E-state index is 12.5. The Morgan fingerprint density at radius 1 is 1.00 bits per heavy atom. The van der Waals surface area contributed by atoms with E-state index in [1.807, 2.05) is 36.5 Å². The molecule has 0 bridgehead atoms. The van der Waals surface area contributed by atoms with E-state index >= 15 is 0 Å². The number of benzene rings is 1. The molecule has 1 aliphatic carbocycles. The molecule has 1 aromatic carbocycles. The Labute approximate surface area is 116 Å². The fraction of sp³-hybridized carbons (Fsp3) is 0.176. The summed E-state index contributed by atoms with van der Waals surface area (Å²) in [6.07, 6.45) is 4.63. The van der Waals surface area contributed by atoms with Gasteiger partial charge in [-0.25, -0.2) is 4.98 Å². The molecule has 0 saturated heterocycles. The highest BCUT2D eigenvalue weighted by Gasteiger charge is 2.19. The molecule has 0 radical (unpaired) electrons. The second-order valence-corrected chi connectivity index (χ2v) is 5.18. The maximum absolute atomic E-state index is 12.5. The zero-order chi connectivity index (χ0) is 13.5. The lowest BCUT2D eigenvalue weighted by atomic mass is 10.1. The smallest absolute Gasteiger partial charge is 0.261 e. The maximum Gasteiger partial charge on any atom is 0.261 e. The molecule has 0 N–H and O–H groups in total. The lowest BCUT2D eigenvalue weighted by Gasteiger charge is -2.09. The Balaban J connectivity index is 2.09. The van der Waals surface area contributed by atoms with Crippen LogP contribution in [0.5, 0.6) is 0 Å². The molecular weight excluding hydrogens is 248 g/mol. The van der Waals surface area contributed by atoms with Gasteiger partial charge in [0.25, 0.3) is 5.56 Å². The molecule has 0 atom stereocenters. The van der Waals surface area contributed by atoms with Crippen molar-refractivity contribution in [2.45, 2.75) is 19.3 Å². The Morgan fingerprint density at radius 3 is 2.70 bits per heavy atom. The van der Waals surface area contributed by atoms with E-state index in [1.165, 1.54) is 0 Å². The van der Waals surface area contributed by atoms with Gasteiger partial charge in [-0.15, -0.1) is 0 Å². The third kappa shape index (κ3) is 1.59. The van der Waals surface area contributed by atoms with Crippen molar-refractivity contribution in [1.82, 2.24) is 9.38 Å². The van der Waals surface area contributed by atoms with E-state index in [9.17, 15) is 4.79 Å². The average molecular weight is 262 g/mol. The van der Waals surface area contributed by atoms with Crippen molar-refractivity contribution in [1.29, 1.82) is 0 Å². The molecule has 2 aromatic heterocycles. The second kappa shape index (κ2) is 4.30. The molecule has 0 aliphatic heterocycles. The third-order valence-electron chi connectivity index (χ3n) is 3.96. The number of pyridine rings is 1. The van der Waals surface area contributed by atoms with Crippen molar-refractivity contribution in [2.24, 2.45) is 0 Å². The number of aryl methyl sites for hydroxylation is 1. The number of hydrogen-bond donors (Lipinski definition) is 0. The summed E-state index contributed by atoms with van der Waals surface area (Å²) in [6.45, 7) is 0. The van der Waals surface area contributed by atoms with Crippen LogP contribution in [0.1, 0.15) is 17.7 Å². The molecule has 0 amide bonds. The Bertz CT molecular complexity index is 850. The first-order chi connectivity index (χ1) is 9.84. The van der Waals surface area contributed by atoms with Crippen LogP contribution >= 0.6 is 0 Å². The van der Waals surface area contributed by atoms with Crippen molar-refractivity contribution in [3.8, 4) is 11.1 Å². The predicted molar refractivity (Wildman–Crippen MR) is 78.9 cm³/mol. The van der Waals surface area contributed by atoms with Gasteiger partial charge in [-0.05, 0) is 37.0 Å². The number of rotatable bonds is 1. The summed E-state index contributed by atoms with van der Waals surface area (Å²) in [4.78, 5) is 17.3. The standard InChI is InChI=1S/C17H14N2O/c20-17-14-8-4-10-15(14)18-16-13(9-5-11-19(16)17)12-6-2-1-3-7-12/h1-3,5-7,9,11H,4,8,10H2. The molecule has 4 rings (SSSR count). The normalized spacial score (nSPS) is 13.6. The van der Waals surface area contributed by atoms with Crippen molar-refractivity contribution < 1.29 is 0 Å². The fourth-order valence-corrected chi connectivity index (χ4v) is 2.98. The first-order valence-electron chi connectivity index (χ1n) is 6.93. The lowest BCUT2D eigenvalue weighted by molar-refractivity contribution is 0.899. The van der Waals surface area contributed by atoms with Gasteiger partial charge in [0.1, 0.15) is 5.65 Å². The van der Waals surface area contributed by atoms with Crippen LogP contribution < -0.4 is 5.56 Å². The highest BCUT2D eigenvalue weighted by molar-refractivity contribution is 5.77. The Morgan fingerprint density at radius 2 is 1.85 bits per heavy atom. The van der Waals surface area contributed by atoms with Gasteiger partial charge in [0.15, 0.2) is 0 Å². The molecule has 1 aliphatic rings. The van der Waals surface area contributed by atoms with Crippen molar-refractivity contribution in [2.75, 3.05) is 0 Å². The van der Waals surface area contributed by atoms with E-state index in [0.717, 1.165) is 47.3 Å². The van der Waals surface area contributed by atoms with Crippen LogP contribution in [0, 0.1) is 0 Å². The summed E-state index contributed by atoms with van der Waals surface area (Å²) in [5, 5.41) is 0. The topological polar surface area (TPSA) is 34.4 Å². The Hall–Kier alpha value is -2.42. The molecule has 0 unspecified atom stereocenters. The van der Waals surface area contributed by atoms with Crippen molar-refractivity contribution >= 4 is 5.65 Å². The van der Waals surface area contributed by atoms with Gasteiger partial charge in [-0.2, -0.15) is 0 Å². The van der Waals surface area contributed by atoms with Crippen molar-refractivity contribution in [3.05, 3.63) is 70.3 Å². The highest BCUT2D eigenvalue weighted by Crippen LogP contribution is 2.24. The van der Waals surface area contributed by atoms with E-state index in [2.05, 4.69) is 12.1 Å². The van der Waals surface area contributed by atoms with Gasteiger partial charge in [0, 0.05) is 17.3 Å². The molecule has 20 heavy (non-hydrogen) atoms. The quantitative estimate of drug-likeness (QED) is 0.676. The van der Waals surface area contributed by atoms with Crippen LogP contribution in [0.25, 0.3) is 16.8 Å². The largest absolute Gasteiger partial charge is 0.269 e. The minimum Gasteiger partial charge on any atom is -0.269 e. The van der Waals surface area contributed by atoms with E-state index in [1.54, 1.807) is 4.40 Å². The third-order valence-corrected chi connectivity index (χ3v) is 3.96. The van der Waals surface area contributed by atoms with Crippen LogP contribution in [0.3, 0.4) is 0 Å². The first kappa shape index (κ1) is 11.4. The van der Waals surface area contributed by atoms with Crippen LogP contribution in [-0.2, 0) is 12.8 Å². The fourth-order valence-electron chi connectivity index (χ4n) is 2.98. The molecule has 98 valence electrons. The van der Waals surface area contributed by atoms with Crippen LogP contribution in [0.4, 0.5) is 0 Å². The average Bonchev–Trinajstić information content (AvgIpc) is 2.97. The molecule has 0 fully saturated rings. The van der Waals surface area contributed by atoms with Crippen LogP contribution in [-0.4, -0.2) is 9.38 Å². The number of nitrogens with zero attached hydrogens (tertiary/aromatic N) is 2. The summed E-state index contributed by atoms with van der Waals surface area (Å²) in [6, 6.07) is 14.0. The van der Waals surface area contributed by atoms with Gasteiger partial charge in [0.05, 0.1) is 5.69 Å². The van der Waals surface area contributed by atoms with Gasteiger partial charge < -0.3 is 0 Å². The zero-order valence-electron chi connectivity index (χ0n) is 11.0. The molecule has 0 spiro atoms. The summed E-state index contributed by atoms with van der Waals surface area (Å²) >= 11 is 0. The molecule has 3 nitrogen and oxygen atoms in total. The minimum atomic E-state index is 0.0975. The van der Waals surface area contributed by atoms with E-state index in [0.29, 0.717) is 0 Å². The monoisotopic (exact) mass is 262 g/mol. The second-order valence-electron chi connectivity index (χ2n) is 5.18. The SMILES string of the molecule is O=c1c2c(nc3c(-c4ccccc4)cccn13)CCC2. The number of fused-ring (bicyclic) bond motifs is 2. The van der Waals surface area contributed by atoms with E-state index in [4.69, 9.17) is 4.98 Å². The first-order valence-corrected chi connectivity index (χ1v) is 6.93. The van der Waals surface area contributed by atoms with Crippen LogP contribution in [0.15, 0.2) is 53.5 Å². The van der Waals surface area contributed by atoms with Crippen molar-refractivity contribution in [3.63, 3.8) is 0 Å². The molecule has 3 aromatic rings. The molecule has 0 saturated carbocycles. The lowest BCUT2D eigenvalue weighted by Crippen LogP contribution is -2.20. The highest BCUT2D eigenvalue weighted by atomic mass is 16.1. The molecular formula is C17H14N2O. The zero-order valence-corrected chi connectivity index (χ0v) is 11.0. The summed E-state index contributed by atoms with van der Waals surface area (Å²) < 4.78 is 1.69. The minimum absolute atomic E-state index is 0.0975. The van der Waals surface area contributed by atoms with Crippen LogP contribution in [0.2, 0.25) is 0 Å². The molecule has 3 heteroatoms. The van der Waals surface area contributed by atoms with Gasteiger partial charge in [-0.3, -0.25) is 9.20 Å². The van der Waals surface area contributed by atoms with E-state index < -0.39 is 0 Å². The summed E-state index contributed by atoms with van der Waals surface area (Å²) in [5.74, 6) is 0. The summed E-state index contributed by atoms with van der Waals surface area (Å²) in [5.41, 5.74) is 4.85. The number of hydrogen-bond acceptors (Lipinski definition) is 2. The summed E-state index contributed by atoms with van der Waals surface area (Å²) in [7, 11) is 0. The predicted octanol–water partition coefficient (Wildman–Crippen LogP) is 2.85.